The van der Waals surface area contributed by atoms with E-state index in [2.05, 4.69) is 26.8 Å². The maximum Gasteiger partial charge on any atom is 0.279 e. The molecule has 6 heteroatoms. The third-order valence-electron chi connectivity index (χ3n) is 2.87. The van der Waals surface area contributed by atoms with Crippen molar-refractivity contribution < 1.29 is 9.59 Å². The molecule has 1 aromatic heterocycles. The number of hydrogen-bond acceptors (Lipinski definition) is 3. The van der Waals surface area contributed by atoms with Crippen molar-refractivity contribution in [1.29, 1.82) is 0 Å². The fourth-order valence-corrected chi connectivity index (χ4v) is 2.98. The van der Waals surface area contributed by atoms with Gasteiger partial charge in [0.25, 0.3) is 5.91 Å². The third-order valence-corrected chi connectivity index (χ3v) is 4.50. The largest absolute Gasteiger partial charge is 0.279 e. The Labute approximate surface area is 135 Å². The van der Waals surface area contributed by atoms with E-state index in [-0.39, 0.29) is 11.8 Å². The van der Waals surface area contributed by atoms with Crippen LogP contribution in [0, 0.1) is 6.92 Å². The summed E-state index contributed by atoms with van der Waals surface area (Å²) in [7, 11) is 0. The molecule has 0 aliphatic rings. The Morgan fingerprint density at radius 1 is 1.10 bits per heavy atom. The van der Waals surface area contributed by atoms with Gasteiger partial charge in [0, 0.05) is 6.42 Å². The number of rotatable bonds is 4. The highest BCUT2D eigenvalue weighted by molar-refractivity contribution is 9.11. The third kappa shape index (κ3) is 4.99. The van der Waals surface area contributed by atoms with Gasteiger partial charge in [-0.25, -0.2) is 0 Å². The number of halogens is 1. The van der Waals surface area contributed by atoms with Gasteiger partial charge >= 0.3 is 0 Å². The Kier molecular flexibility index (Phi) is 5.52. The van der Waals surface area contributed by atoms with Gasteiger partial charge in [0.05, 0.1) is 8.66 Å². The number of thiophene rings is 1. The minimum absolute atomic E-state index is 0.209. The second kappa shape index (κ2) is 7.38. The van der Waals surface area contributed by atoms with Crippen molar-refractivity contribution in [3.05, 3.63) is 56.2 Å². The van der Waals surface area contributed by atoms with Crippen molar-refractivity contribution in [1.82, 2.24) is 10.9 Å². The van der Waals surface area contributed by atoms with Crippen LogP contribution in [0.2, 0.25) is 0 Å². The number of hydrazine groups is 1. The van der Waals surface area contributed by atoms with Crippen LogP contribution in [-0.4, -0.2) is 11.8 Å². The number of amides is 2. The fraction of sp³-hybridized carbons (Fsp3) is 0.200. The predicted octanol–water partition coefficient (Wildman–Crippen LogP) is 3.21. The van der Waals surface area contributed by atoms with Crippen molar-refractivity contribution >= 4 is 39.1 Å². The highest BCUT2D eigenvalue weighted by Crippen LogP contribution is 2.21. The first-order valence-corrected chi connectivity index (χ1v) is 8.05. The average molecular weight is 367 g/mol. The monoisotopic (exact) mass is 366 g/mol. The Morgan fingerprint density at radius 3 is 2.43 bits per heavy atom. The highest BCUT2D eigenvalue weighted by Gasteiger charge is 2.09. The van der Waals surface area contributed by atoms with E-state index in [4.69, 9.17) is 0 Å². The Hall–Kier alpha value is -1.66. The molecule has 0 bridgehead atoms. The normalized spacial score (nSPS) is 10.2. The summed E-state index contributed by atoms with van der Waals surface area (Å²) in [4.78, 5) is 24.0. The molecule has 110 valence electrons. The van der Waals surface area contributed by atoms with Crippen molar-refractivity contribution in [2.24, 2.45) is 0 Å². The summed E-state index contributed by atoms with van der Waals surface area (Å²) in [5.41, 5.74) is 7.13. The topological polar surface area (TPSA) is 58.2 Å². The van der Waals surface area contributed by atoms with E-state index in [1.807, 2.05) is 31.2 Å². The molecule has 0 fully saturated rings. The minimum atomic E-state index is -0.311. The van der Waals surface area contributed by atoms with E-state index in [0.29, 0.717) is 17.7 Å². The Morgan fingerprint density at radius 2 is 1.81 bits per heavy atom. The lowest BCUT2D eigenvalue weighted by molar-refractivity contribution is -0.121. The second-order valence-electron chi connectivity index (χ2n) is 4.59. The first-order valence-electron chi connectivity index (χ1n) is 6.44. The van der Waals surface area contributed by atoms with E-state index in [9.17, 15) is 9.59 Å². The molecular formula is C15H15BrN2O2S. The zero-order chi connectivity index (χ0) is 15.2. The van der Waals surface area contributed by atoms with Crippen LogP contribution >= 0.6 is 27.3 Å². The molecule has 2 N–H and O–H groups in total. The van der Waals surface area contributed by atoms with Gasteiger partial charge in [-0.3, -0.25) is 20.4 Å². The molecule has 21 heavy (non-hydrogen) atoms. The standard InChI is InChI=1S/C15H15BrN2O2S/c1-10-2-4-11(5-3-10)6-9-14(19)17-18-15(20)12-7-8-13(16)21-12/h2-5,7-8H,6,9H2,1H3,(H,17,19)(H,18,20). The van der Waals surface area contributed by atoms with Gasteiger partial charge in [0.1, 0.15) is 0 Å². The van der Waals surface area contributed by atoms with E-state index >= 15 is 0 Å². The lowest BCUT2D eigenvalue weighted by Gasteiger charge is -2.06. The molecule has 0 unspecified atom stereocenters. The minimum Gasteiger partial charge on any atom is -0.273 e. The zero-order valence-corrected chi connectivity index (χ0v) is 13.9. The average Bonchev–Trinajstić information content (AvgIpc) is 2.91. The number of hydrogen-bond donors (Lipinski definition) is 2. The molecule has 0 aliphatic carbocycles. The molecule has 2 amide bonds. The molecule has 1 aromatic carbocycles. The molecule has 4 nitrogen and oxygen atoms in total. The Balaban J connectivity index is 1.74. The van der Waals surface area contributed by atoms with Crippen molar-refractivity contribution in [3.8, 4) is 0 Å². The Bertz CT molecular complexity index is 637. The van der Waals surface area contributed by atoms with Crippen molar-refractivity contribution in [3.63, 3.8) is 0 Å². The van der Waals surface area contributed by atoms with Gasteiger partial charge < -0.3 is 0 Å². The van der Waals surface area contributed by atoms with Gasteiger partial charge in [0.15, 0.2) is 0 Å². The molecule has 0 spiro atoms. The summed E-state index contributed by atoms with van der Waals surface area (Å²) in [5.74, 6) is -0.520. The SMILES string of the molecule is Cc1ccc(CCC(=O)NNC(=O)c2ccc(Br)s2)cc1. The molecular weight excluding hydrogens is 352 g/mol. The van der Waals surface area contributed by atoms with Gasteiger partial charge in [0.2, 0.25) is 5.91 Å². The quantitative estimate of drug-likeness (QED) is 0.816. The highest BCUT2D eigenvalue weighted by atomic mass is 79.9. The summed E-state index contributed by atoms with van der Waals surface area (Å²) in [5, 5.41) is 0. The second-order valence-corrected chi connectivity index (χ2v) is 7.05. The lowest BCUT2D eigenvalue weighted by Crippen LogP contribution is -2.41. The summed E-state index contributed by atoms with van der Waals surface area (Å²) < 4.78 is 0.873. The summed E-state index contributed by atoms with van der Waals surface area (Å²) in [6, 6.07) is 11.5. The predicted molar refractivity (Wildman–Crippen MR) is 87.1 cm³/mol. The van der Waals surface area contributed by atoms with Crippen LogP contribution in [0.25, 0.3) is 0 Å². The smallest absolute Gasteiger partial charge is 0.273 e. The van der Waals surface area contributed by atoms with Crippen LogP contribution in [-0.2, 0) is 11.2 Å². The maximum absolute atomic E-state index is 11.7. The number of nitrogens with one attached hydrogen (secondary N) is 2. The molecule has 1 heterocycles. The molecule has 0 atom stereocenters. The fourth-order valence-electron chi connectivity index (χ4n) is 1.70. The van der Waals surface area contributed by atoms with Crippen molar-refractivity contribution in [2.75, 3.05) is 0 Å². The first-order chi connectivity index (χ1) is 10.0. The van der Waals surface area contributed by atoms with Crippen molar-refractivity contribution in [2.45, 2.75) is 19.8 Å². The van der Waals surface area contributed by atoms with Gasteiger partial charge in [-0.2, -0.15) is 0 Å². The number of aryl methyl sites for hydroxylation is 2. The van der Waals surface area contributed by atoms with Gasteiger partial charge in [-0.15, -0.1) is 11.3 Å². The summed E-state index contributed by atoms with van der Waals surface area (Å²) in [6.07, 6.45) is 0.976. The molecule has 0 aliphatic heterocycles. The molecule has 0 saturated carbocycles. The molecule has 2 rings (SSSR count). The summed E-state index contributed by atoms with van der Waals surface area (Å²) >= 11 is 4.60. The van der Waals surface area contributed by atoms with E-state index in [1.54, 1.807) is 12.1 Å². The zero-order valence-electron chi connectivity index (χ0n) is 11.5. The maximum atomic E-state index is 11.7. The summed E-state index contributed by atoms with van der Waals surface area (Å²) in [6.45, 7) is 2.02. The number of benzene rings is 1. The first kappa shape index (κ1) is 15.7. The molecule has 0 radical (unpaired) electrons. The van der Waals surface area contributed by atoms with Crippen LogP contribution in [0.4, 0.5) is 0 Å². The van der Waals surface area contributed by atoms with Crippen LogP contribution in [0.1, 0.15) is 27.2 Å². The number of carbonyl (C=O) groups excluding carboxylic acids is 2. The van der Waals surface area contributed by atoms with Crippen LogP contribution in [0.15, 0.2) is 40.2 Å². The van der Waals surface area contributed by atoms with Gasteiger partial charge in [-0.1, -0.05) is 29.8 Å². The van der Waals surface area contributed by atoms with E-state index in [1.165, 1.54) is 16.9 Å². The van der Waals surface area contributed by atoms with Gasteiger partial charge in [-0.05, 0) is 47.0 Å². The van der Waals surface area contributed by atoms with E-state index < -0.39 is 0 Å². The number of carbonyl (C=O) groups is 2. The van der Waals surface area contributed by atoms with Crippen LogP contribution in [0.5, 0.6) is 0 Å². The molecule has 0 saturated heterocycles. The molecule has 2 aromatic rings. The lowest BCUT2D eigenvalue weighted by atomic mass is 10.1. The van der Waals surface area contributed by atoms with Crippen LogP contribution < -0.4 is 10.9 Å². The van der Waals surface area contributed by atoms with E-state index in [0.717, 1.165) is 9.35 Å². The van der Waals surface area contributed by atoms with Crippen LogP contribution in [0.3, 0.4) is 0 Å².